The number of hydrogen-bond donors (Lipinski definition) is 2. The third kappa shape index (κ3) is 7.37. The van der Waals surface area contributed by atoms with E-state index in [1.807, 2.05) is 0 Å². The van der Waals surface area contributed by atoms with E-state index < -0.39 is 45.3 Å². The molecule has 45 heavy (non-hydrogen) atoms. The third-order valence-corrected chi connectivity index (χ3v) is 7.68. The molecule has 234 valence electrons. The van der Waals surface area contributed by atoms with Gasteiger partial charge in [0.1, 0.15) is 17.2 Å². The Balaban J connectivity index is 1.37. The molecule has 0 bridgehead atoms. The van der Waals surface area contributed by atoms with Crippen molar-refractivity contribution in [3.05, 3.63) is 95.4 Å². The molecule has 0 radical (unpaired) electrons. The van der Waals surface area contributed by atoms with Gasteiger partial charge in [-0.1, -0.05) is 18.2 Å². The minimum atomic E-state index is -4.68. The number of rotatable bonds is 9. The lowest BCUT2D eigenvalue weighted by Gasteiger charge is -2.19. The van der Waals surface area contributed by atoms with Crippen LogP contribution in [0.2, 0.25) is 0 Å². The summed E-state index contributed by atoms with van der Waals surface area (Å²) in [4.78, 5) is 27.9. The van der Waals surface area contributed by atoms with Crippen LogP contribution in [0.15, 0.2) is 72.9 Å². The summed E-state index contributed by atoms with van der Waals surface area (Å²) in [7, 11) is 0.205. The number of amides is 1. The molecule has 0 aliphatic rings. The minimum Gasteiger partial charge on any atom is -0.327 e. The fraction of sp³-hybridized carbons (Fsp3) is 0.200. The predicted molar refractivity (Wildman–Crippen MR) is 163 cm³/mol. The number of imidazole rings is 1. The quantitative estimate of drug-likeness (QED) is 0.195. The topological polar surface area (TPSA) is 122 Å². The van der Waals surface area contributed by atoms with Crippen molar-refractivity contribution in [2.45, 2.75) is 18.3 Å². The number of benzene rings is 3. The second-order valence-electron chi connectivity index (χ2n) is 10.4. The summed E-state index contributed by atoms with van der Waals surface area (Å²) in [6.45, 7) is 0. The van der Waals surface area contributed by atoms with Crippen LogP contribution in [0.5, 0.6) is 0 Å². The number of sulfone groups is 1. The van der Waals surface area contributed by atoms with Crippen LogP contribution >= 0.6 is 0 Å². The van der Waals surface area contributed by atoms with Crippen molar-refractivity contribution in [3.8, 4) is 0 Å². The Hall–Kier alpha value is -5.05. The van der Waals surface area contributed by atoms with Gasteiger partial charge in [-0.25, -0.2) is 22.8 Å². The molecule has 0 unspecified atom stereocenters. The van der Waals surface area contributed by atoms with Crippen molar-refractivity contribution in [3.63, 3.8) is 0 Å². The molecule has 1 amide bonds. The molecule has 2 aromatic heterocycles. The van der Waals surface area contributed by atoms with Crippen LogP contribution in [-0.2, 0) is 40.0 Å². The first-order valence-corrected chi connectivity index (χ1v) is 15.5. The van der Waals surface area contributed by atoms with Gasteiger partial charge >= 0.3 is 6.18 Å². The van der Waals surface area contributed by atoms with Crippen LogP contribution in [0.4, 0.5) is 46.7 Å². The summed E-state index contributed by atoms with van der Waals surface area (Å²) in [6.07, 6.45) is -2.58. The smallest absolute Gasteiger partial charge is 0.327 e. The number of nitrogens with one attached hydrogen (secondary N) is 2. The van der Waals surface area contributed by atoms with E-state index in [2.05, 4.69) is 25.6 Å². The van der Waals surface area contributed by atoms with Crippen LogP contribution in [0, 0.1) is 5.82 Å². The zero-order valence-electron chi connectivity index (χ0n) is 24.2. The number of carbonyl (C=O) groups excluding carboxylic acids is 1. The van der Waals surface area contributed by atoms with E-state index in [0.29, 0.717) is 52.0 Å². The largest absolute Gasteiger partial charge is 0.416 e. The van der Waals surface area contributed by atoms with Crippen molar-refractivity contribution < 1.29 is 30.8 Å². The Bertz CT molecular complexity index is 2010. The highest BCUT2D eigenvalue weighted by Gasteiger charge is 2.31. The first-order chi connectivity index (χ1) is 21.2. The van der Waals surface area contributed by atoms with E-state index in [0.717, 1.165) is 6.26 Å². The maximum Gasteiger partial charge on any atom is 0.416 e. The van der Waals surface area contributed by atoms with Gasteiger partial charge in [-0.15, -0.1) is 0 Å². The molecule has 10 nitrogen and oxygen atoms in total. The molecule has 0 spiro atoms. The van der Waals surface area contributed by atoms with Crippen molar-refractivity contribution in [1.29, 1.82) is 0 Å². The van der Waals surface area contributed by atoms with Gasteiger partial charge in [0.05, 0.1) is 28.9 Å². The van der Waals surface area contributed by atoms with Gasteiger partial charge in [-0.3, -0.25) is 10.1 Å². The molecule has 3 aromatic carbocycles. The maximum atomic E-state index is 14.2. The zero-order chi connectivity index (χ0) is 32.5. The summed E-state index contributed by atoms with van der Waals surface area (Å²) < 4.78 is 78.5. The molecule has 0 aliphatic heterocycles. The van der Waals surface area contributed by atoms with Crippen molar-refractivity contribution in [2.75, 3.05) is 28.8 Å². The molecule has 5 rings (SSSR count). The van der Waals surface area contributed by atoms with E-state index in [9.17, 15) is 30.8 Å². The normalized spacial score (nSPS) is 11.9. The Morgan fingerprint density at radius 2 is 1.78 bits per heavy atom. The molecule has 0 aliphatic carbocycles. The first-order valence-electron chi connectivity index (χ1n) is 13.4. The Kier molecular flexibility index (Phi) is 8.47. The van der Waals surface area contributed by atoms with Gasteiger partial charge < -0.3 is 14.8 Å². The predicted octanol–water partition coefficient (Wildman–Crippen LogP) is 5.76. The number of para-hydroxylation sites is 1. The SMILES string of the molecule is CN(c1ccnc(Nc2cccc(CS(C)(=O)=O)c2)n1)c1cccc2c1nc(NC(=O)Cc1cc(C(F)(F)F)ccc1F)n2C. The summed E-state index contributed by atoms with van der Waals surface area (Å²) in [6, 6.07) is 15.9. The number of anilines is 5. The maximum absolute atomic E-state index is 14.2. The van der Waals surface area contributed by atoms with Crippen LogP contribution in [-0.4, -0.2) is 47.1 Å². The van der Waals surface area contributed by atoms with Gasteiger partial charge in [0.15, 0.2) is 9.84 Å². The van der Waals surface area contributed by atoms with Crippen LogP contribution in [0.1, 0.15) is 16.7 Å². The summed E-state index contributed by atoms with van der Waals surface area (Å²) in [5.41, 5.74) is 1.52. The Labute approximate surface area is 255 Å². The van der Waals surface area contributed by atoms with Crippen LogP contribution in [0.25, 0.3) is 11.0 Å². The molecule has 2 N–H and O–H groups in total. The van der Waals surface area contributed by atoms with Crippen molar-refractivity contribution in [2.24, 2.45) is 7.05 Å². The number of fused-ring (bicyclic) bond motifs is 1. The third-order valence-electron chi connectivity index (χ3n) is 6.82. The average molecular weight is 642 g/mol. The highest BCUT2D eigenvalue weighted by Crippen LogP contribution is 2.33. The summed E-state index contributed by atoms with van der Waals surface area (Å²) >= 11 is 0. The molecular formula is C30H27F4N7O3S. The fourth-order valence-electron chi connectivity index (χ4n) is 4.70. The van der Waals surface area contributed by atoms with Gasteiger partial charge in [-0.2, -0.15) is 18.2 Å². The highest BCUT2D eigenvalue weighted by molar-refractivity contribution is 7.89. The summed E-state index contributed by atoms with van der Waals surface area (Å²) in [5, 5.41) is 5.65. The molecule has 0 saturated carbocycles. The number of carbonyl (C=O) groups is 1. The van der Waals surface area contributed by atoms with Crippen LogP contribution < -0.4 is 15.5 Å². The number of nitrogens with zero attached hydrogens (tertiary/aromatic N) is 5. The van der Waals surface area contributed by atoms with Crippen LogP contribution in [0.3, 0.4) is 0 Å². The van der Waals surface area contributed by atoms with Gasteiger partial charge in [0.25, 0.3) is 0 Å². The van der Waals surface area contributed by atoms with Gasteiger partial charge in [0, 0.05) is 32.2 Å². The van der Waals surface area contributed by atoms with E-state index in [4.69, 9.17) is 0 Å². The van der Waals surface area contributed by atoms with E-state index in [1.165, 1.54) is 0 Å². The number of aryl methyl sites for hydroxylation is 1. The summed E-state index contributed by atoms with van der Waals surface area (Å²) in [5.74, 6) is -0.907. The zero-order valence-corrected chi connectivity index (χ0v) is 25.0. The molecule has 2 heterocycles. The lowest BCUT2D eigenvalue weighted by atomic mass is 10.1. The minimum absolute atomic E-state index is 0.106. The molecule has 5 aromatic rings. The molecule has 15 heteroatoms. The Morgan fingerprint density at radius 3 is 2.51 bits per heavy atom. The Morgan fingerprint density at radius 1 is 1.02 bits per heavy atom. The lowest BCUT2D eigenvalue weighted by molar-refractivity contribution is -0.137. The number of hydrogen-bond acceptors (Lipinski definition) is 8. The number of alkyl halides is 3. The highest BCUT2D eigenvalue weighted by atomic mass is 32.2. The monoisotopic (exact) mass is 641 g/mol. The molecule has 0 saturated heterocycles. The van der Waals surface area contributed by atoms with Crippen molar-refractivity contribution in [1.82, 2.24) is 19.5 Å². The van der Waals surface area contributed by atoms with Gasteiger partial charge in [-0.05, 0) is 59.7 Å². The van der Waals surface area contributed by atoms with E-state index in [-0.39, 0.29) is 17.6 Å². The second kappa shape index (κ2) is 12.1. The lowest BCUT2D eigenvalue weighted by Crippen LogP contribution is -2.18. The number of halogens is 4. The molecular weight excluding hydrogens is 614 g/mol. The second-order valence-corrected chi connectivity index (χ2v) is 12.5. The standard InChI is InChI=1S/C30H27F4N7O3S/c1-40(25-12-13-35-28(37-25)36-21-7-4-6-18(14-21)17-45(3,43)44)23-8-5-9-24-27(23)39-29(41(24)2)38-26(42)16-19-15-20(30(32,33)34)10-11-22(19)31/h4-15H,16-17H2,1-3H3,(H,35,36,37)(H,38,39,42). The van der Waals surface area contributed by atoms with E-state index in [1.54, 1.807) is 78.3 Å². The van der Waals surface area contributed by atoms with E-state index >= 15 is 0 Å². The average Bonchev–Trinajstić information content (AvgIpc) is 3.27. The molecule has 0 atom stereocenters. The number of aromatic nitrogens is 4. The fourth-order valence-corrected chi connectivity index (χ4v) is 5.49. The molecule has 0 fully saturated rings. The van der Waals surface area contributed by atoms with Crippen molar-refractivity contribution >= 4 is 55.9 Å². The first kappa shape index (κ1) is 31.4. The van der Waals surface area contributed by atoms with Gasteiger partial charge in [0.2, 0.25) is 17.8 Å².